The van der Waals surface area contributed by atoms with E-state index in [1.54, 1.807) is 24.6 Å². The van der Waals surface area contributed by atoms with Gasteiger partial charge in [-0.1, -0.05) is 64.4 Å². The van der Waals surface area contributed by atoms with Crippen molar-refractivity contribution in [1.29, 1.82) is 0 Å². The first-order chi connectivity index (χ1) is 25.8. The van der Waals surface area contributed by atoms with Crippen LogP contribution < -0.4 is 21.3 Å². The number of amides is 4. The molecule has 16 heteroatoms. The number of carbonyl (C=O) groups is 4. The van der Waals surface area contributed by atoms with Crippen LogP contribution in [-0.4, -0.2) is 81.8 Å². The number of nitrogens with zero attached hydrogens (tertiary/aromatic N) is 4. The lowest BCUT2D eigenvalue weighted by Gasteiger charge is -2.26. The van der Waals surface area contributed by atoms with Crippen molar-refractivity contribution >= 4 is 58.1 Å². The average Bonchev–Trinajstić information content (AvgIpc) is 3.96. The molecule has 9 unspecified atom stereocenters. The summed E-state index contributed by atoms with van der Waals surface area (Å²) < 4.78 is 12.1. The normalized spacial score (nSPS) is 28.4. The molecule has 2 aromatic heterocycles. The summed E-state index contributed by atoms with van der Waals surface area (Å²) in [6, 6.07) is 5.18. The van der Waals surface area contributed by atoms with Gasteiger partial charge in [0.15, 0.2) is 12.1 Å². The third kappa shape index (κ3) is 8.81. The molecule has 0 radical (unpaired) electrons. The first-order valence-electron chi connectivity index (χ1n) is 18.5. The maximum atomic E-state index is 14.1. The molecule has 0 saturated carbocycles. The molecule has 54 heavy (non-hydrogen) atoms. The minimum absolute atomic E-state index is 0.0873. The molecule has 9 atom stereocenters. The molecule has 0 aliphatic carbocycles. The summed E-state index contributed by atoms with van der Waals surface area (Å²) in [5.74, 6) is -1.24. The second-order valence-corrected chi connectivity index (χ2v) is 16.4. The molecule has 0 spiro atoms. The van der Waals surface area contributed by atoms with Crippen molar-refractivity contribution in [1.82, 2.24) is 31.2 Å². The molecule has 5 heterocycles. The topological polar surface area (TPSA) is 185 Å². The number of fused-ring (bicyclic) bond motifs is 8. The number of aromatic nitrogens is 2. The first kappa shape index (κ1) is 39.0. The zero-order valence-electron chi connectivity index (χ0n) is 31.5. The van der Waals surface area contributed by atoms with Crippen molar-refractivity contribution < 1.29 is 28.7 Å². The van der Waals surface area contributed by atoms with Gasteiger partial charge in [-0.2, -0.15) is 0 Å². The van der Waals surface area contributed by atoms with Gasteiger partial charge in [-0.25, -0.2) is 20.0 Å². The molecule has 3 aliphatic rings. The van der Waals surface area contributed by atoms with Gasteiger partial charge in [0, 0.05) is 10.8 Å². The molecule has 14 nitrogen and oxygen atoms in total. The van der Waals surface area contributed by atoms with E-state index < -0.39 is 60.3 Å². The van der Waals surface area contributed by atoms with Crippen molar-refractivity contribution in [3.05, 3.63) is 68.1 Å². The average molecular weight is 777 g/mol. The van der Waals surface area contributed by atoms with Gasteiger partial charge in [-0.15, -0.1) is 22.7 Å². The lowest BCUT2D eigenvalue weighted by molar-refractivity contribution is -0.131. The number of ether oxygens (including phenoxy) is 2. The second-order valence-electron chi connectivity index (χ2n) is 14.6. The van der Waals surface area contributed by atoms with E-state index >= 15 is 0 Å². The molecule has 4 amide bonds. The van der Waals surface area contributed by atoms with Gasteiger partial charge in [0.1, 0.15) is 45.7 Å². The van der Waals surface area contributed by atoms with Crippen molar-refractivity contribution in [2.24, 2.45) is 21.8 Å². The summed E-state index contributed by atoms with van der Waals surface area (Å²) in [6.07, 6.45) is 0.244. The van der Waals surface area contributed by atoms with E-state index in [1.165, 1.54) is 22.7 Å². The fourth-order valence-electron chi connectivity index (χ4n) is 6.52. The molecule has 0 fully saturated rings. The van der Waals surface area contributed by atoms with Gasteiger partial charge in [-0.05, 0) is 51.0 Å². The third-order valence-corrected chi connectivity index (χ3v) is 11.8. The van der Waals surface area contributed by atoms with Gasteiger partial charge < -0.3 is 30.7 Å². The maximum absolute atomic E-state index is 14.1. The minimum Gasteiger partial charge on any atom is -0.470 e. The van der Waals surface area contributed by atoms with Gasteiger partial charge in [0.05, 0.1) is 12.1 Å². The lowest BCUT2D eigenvalue weighted by atomic mass is 9.97. The highest BCUT2D eigenvalue weighted by molar-refractivity contribution is 7.10. The maximum Gasteiger partial charge on any atom is 0.249 e. The number of carbonyl (C=O) groups excluding carboxylic acids is 4. The van der Waals surface area contributed by atoms with Crippen molar-refractivity contribution in [3.8, 4) is 0 Å². The summed E-state index contributed by atoms with van der Waals surface area (Å²) in [5.41, 5.74) is 1.85. The van der Waals surface area contributed by atoms with Crippen LogP contribution in [0, 0.1) is 11.8 Å². The Morgan fingerprint density at radius 2 is 1.26 bits per heavy atom. The number of thiazole rings is 2. The van der Waals surface area contributed by atoms with Crippen molar-refractivity contribution in [3.63, 3.8) is 0 Å². The predicted molar refractivity (Wildman–Crippen MR) is 206 cm³/mol. The van der Waals surface area contributed by atoms with Crippen LogP contribution in [0.5, 0.6) is 0 Å². The number of aliphatic imine (C=N–C) groups is 2. The summed E-state index contributed by atoms with van der Waals surface area (Å²) in [7, 11) is 0. The Hall–Kier alpha value is -4.70. The number of hydrogen-bond acceptors (Lipinski definition) is 12. The first-order valence-corrected chi connectivity index (χ1v) is 20.2. The molecule has 4 N–H and O–H groups in total. The van der Waals surface area contributed by atoms with Crippen molar-refractivity contribution in [2.75, 3.05) is 0 Å². The monoisotopic (exact) mass is 776 g/mol. The SMILES string of the molecule is CCC(C)C1NC(=O)C2N=C(OC2C)c2csc(n2)C(Cc2ccccc2)NC(=O)C(CC(C)C)NC(=O)C2N=C(OC2C)c2csc(n2)C(C)NC1=O. The Kier molecular flexibility index (Phi) is 12.1. The summed E-state index contributed by atoms with van der Waals surface area (Å²) in [5, 5.41) is 16.8. The lowest BCUT2D eigenvalue weighted by Crippen LogP contribution is -2.53. The van der Waals surface area contributed by atoms with Crippen LogP contribution in [0.25, 0.3) is 0 Å². The molecule has 288 valence electrons. The van der Waals surface area contributed by atoms with E-state index in [1.807, 2.05) is 65.0 Å². The Morgan fingerprint density at radius 1 is 0.704 bits per heavy atom. The Labute approximate surface area is 323 Å². The number of benzene rings is 1. The van der Waals surface area contributed by atoms with Gasteiger partial charge in [-0.3, -0.25) is 19.2 Å². The summed E-state index contributed by atoms with van der Waals surface area (Å²) >= 11 is 2.66. The standard InChI is InChI=1S/C38H48N8O6S2/c1-8-19(4)28-32(48)39-20(5)37-42-26(16-53-37)35-45-29(21(6)51-35)33(49)40-24(14-18(2)3)31(47)41-25(15-23-12-10-9-11-13-23)38-43-27(17-54-38)36-46-30(22(7)52-36)34(50)44-28/h9-13,16-22,24-25,28-30H,8,14-15H2,1-7H3,(H,39,48)(H,40,49)(H,41,47)(H,44,50). The van der Waals surface area contributed by atoms with E-state index in [0.717, 1.165) is 5.56 Å². The van der Waals surface area contributed by atoms with E-state index in [0.29, 0.717) is 40.7 Å². The Morgan fingerprint density at radius 3 is 1.85 bits per heavy atom. The molecule has 0 saturated heterocycles. The summed E-state index contributed by atoms with van der Waals surface area (Å²) in [4.78, 5) is 74.1. The van der Waals surface area contributed by atoms with Crippen LogP contribution in [0.1, 0.15) is 100 Å². The highest BCUT2D eigenvalue weighted by Gasteiger charge is 2.40. The Bertz CT molecular complexity index is 1910. The minimum atomic E-state index is -0.910. The third-order valence-electron chi connectivity index (χ3n) is 9.78. The van der Waals surface area contributed by atoms with Crippen LogP contribution in [0.4, 0.5) is 0 Å². The smallest absolute Gasteiger partial charge is 0.249 e. The highest BCUT2D eigenvalue weighted by atomic mass is 32.1. The van der Waals surface area contributed by atoms with Crippen LogP contribution in [0.3, 0.4) is 0 Å². The number of nitrogens with one attached hydrogen (secondary N) is 4. The van der Waals surface area contributed by atoms with Crippen LogP contribution in [0.15, 0.2) is 51.1 Å². The fraction of sp³-hybridized carbons (Fsp3) is 0.526. The molecule has 3 aromatic rings. The van der Waals surface area contributed by atoms with Crippen LogP contribution in [0.2, 0.25) is 0 Å². The largest absolute Gasteiger partial charge is 0.470 e. The fourth-order valence-corrected chi connectivity index (χ4v) is 8.16. The van der Waals surface area contributed by atoms with E-state index in [-0.39, 0.29) is 35.4 Å². The number of rotatable bonds is 6. The molecule has 6 rings (SSSR count). The van der Waals surface area contributed by atoms with E-state index in [4.69, 9.17) is 14.5 Å². The molecular formula is C38H48N8O6S2. The van der Waals surface area contributed by atoms with Crippen LogP contribution >= 0.6 is 22.7 Å². The quantitative estimate of drug-likeness (QED) is 0.289. The van der Waals surface area contributed by atoms with Gasteiger partial charge in [0.25, 0.3) is 0 Å². The van der Waals surface area contributed by atoms with Crippen molar-refractivity contribution in [2.45, 2.75) is 116 Å². The summed E-state index contributed by atoms with van der Waals surface area (Å²) in [6.45, 7) is 13.2. The molecular weight excluding hydrogens is 729 g/mol. The zero-order chi connectivity index (χ0) is 38.7. The predicted octanol–water partition coefficient (Wildman–Crippen LogP) is 4.02. The highest BCUT2D eigenvalue weighted by Crippen LogP contribution is 2.28. The van der Waals surface area contributed by atoms with E-state index in [9.17, 15) is 19.2 Å². The second kappa shape index (κ2) is 16.8. The van der Waals surface area contributed by atoms with Gasteiger partial charge >= 0.3 is 0 Å². The van der Waals surface area contributed by atoms with Gasteiger partial charge in [0.2, 0.25) is 35.4 Å². The molecule has 8 bridgehead atoms. The Balaban J connectivity index is 1.37. The van der Waals surface area contributed by atoms with Crippen LogP contribution in [-0.2, 0) is 35.1 Å². The van der Waals surface area contributed by atoms with E-state index in [2.05, 4.69) is 36.2 Å². The molecule has 3 aliphatic heterocycles. The number of hydrogen-bond donors (Lipinski definition) is 4. The zero-order valence-corrected chi connectivity index (χ0v) is 33.1. The molecule has 1 aromatic carbocycles.